The van der Waals surface area contributed by atoms with Crippen LogP contribution in [0.4, 0.5) is 5.69 Å². The molecule has 1 aromatic carbocycles. The standard InChI is InChI=1S/C23H26N4O2S/c1-12-7-6-8-17(13(12)2)25-18(28)11-27(5)23(29)20-14(3)19-15(4)24-21(16-9-10-16)26-22(19)30-20/h6-8,16H,9-11H2,1-5H3,(H,25,28). The van der Waals surface area contributed by atoms with Crippen LogP contribution in [-0.4, -0.2) is 40.3 Å². The van der Waals surface area contributed by atoms with Gasteiger partial charge in [-0.15, -0.1) is 11.3 Å². The fourth-order valence-electron chi connectivity index (χ4n) is 3.62. The number of carbonyl (C=O) groups is 2. The van der Waals surface area contributed by atoms with Gasteiger partial charge in [0.05, 0.1) is 17.1 Å². The summed E-state index contributed by atoms with van der Waals surface area (Å²) in [5, 5.41) is 3.87. The molecule has 0 unspecified atom stereocenters. The number of aryl methyl sites for hydroxylation is 3. The molecule has 0 bridgehead atoms. The lowest BCUT2D eigenvalue weighted by Gasteiger charge is -2.17. The van der Waals surface area contributed by atoms with Crippen molar-refractivity contribution >= 4 is 39.1 Å². The lowest BCUT2D eigenvalue weighted by atomic mass is 10.1. The number of benzene rings is 1. The Balaban J connectivity index is 1.52. The zero-order valence-electron chi connectivity index (χ0n) is 18.0. The predicted molar refractivity (Wildman–Crippen MR) is 120 cm³/mol. The number of likely N-dealkylation sites (N-methyl/N-ethyl adjacent to an activating group) is 1. The first-order chi connectivity index (χ1) is 14.3. The SMILES string of the molecule is Cc1cccc(NC(=O)CN(C)C(=O)c2sc3nc(C4CC4)nc(C)c3c2C)c1C. The van der Waals surface area contributed by atoms with Crippen molar-refractivity contribution < 1.29 is 9.59 Å². The minimum absolute atomic E-state index is 0.0160. The molecule has 0 saturated heterocycles. The third-order valence-corrected chi connectivity index (χ3v) is 6.90. The summed E-state index contributed by atoms with van der Waals surface area (Å²) < 4.78 is 0. The van der Waals surface area contributed by atoms with E-state index in [0.717, 1.165) is 57.0 Å². The maximum atomic E-state index is 13.1. The largest absolute Gasteiger partial charge is 0.332 e. The van der Waals surface area contributed by atoms with Gasteiger partial charge < -0.3 is 10.2 Å². The highest BCUT2D eigenvalue weighted by atomic mass is 32.1. The molecule has 1 N–H and O–H groups in total. The molecule has 0 radical (unpaired) electrons. The Morgan fingerprint density at radius 1 is 1.13 bits per heavy atom. The number of aromatic nitrogens is 2. The summed E-state index contributed by atoms with van der Waals surface area (Å²) in [6, 6.07) is 5.79. The lowest BCUT2D eigenvalue weighted by molar-refractivity contribution is -0.116. The van der Waals surface area contributed by atoms with E-state index in [0.29, 0.717) is 10.8 Å². The number of thiophene rings is 1. The minimum Gasteiger partial charge on any atom is -0.332 e. The number of rotatable bonds is 5. The number of anilines is 1. The Bertz CT molecular complexity index is 1160. The molecule has 7 heteroatoms. The van der Waals surface area contributed by atoms with Crippen molar-refractivity contribution in [1.29, 1.82) is 0 Å². The van der Waals surface area contributed by atoms with Gasteiger partial charge in [-0.1, -0.05) is 12.1 Å². The van der Waals surface area contributed by atoms with Crippen molar-refractivity contribution in [3.8, 4) is 0 Å². The fourth-order valence-corrected chi connectivity index (χ4v) is 4.86. The molecule has 1 saturated carbocycles. The molecular weight excluding hydrogens is 396 g/mol. The molecule has 0 spiro atoms. The van der Waals surface area contributed by atoms with Crippen molar-refractivity contribution in [3.05, 3.63) is 51.3 Å². The summed E-state index contributed by atoms with van der Waals surface area (Å²) >= 11 is 1.40. The van der Waals surface area contributed by atoms with E-state index in [1.807, 2.05) is 45.9 Å². The molecule has 4 rings (SSSR count). The van der Waals surface area contributed by atoms with Crippen LogP contribution < -0.4 is 5.32 Å². The van der Waals surface area contributed by atoms with Gasteiger partial charge in [0.2, 0.25) is 5.91 Å². The molecule has 1 fully saturated rings. The first-order valence-electron chi connectivity index (χ1n) is 10.2. The van der Waals surface area contributed by atoms with Crippen LogP contribution >= 0.6 is 11.3 Å². The van der Waals surface area contributed by atoms with Crippen LogP contribution in [0, 0.1) is 27.7 Å². The van der Waals surface area contributed by atoms with Gasteiger partial charge in [-0.05, 0) is 63.3 Å². The topological polar surface area (TPSA) is 75.2 Å². The van der Waals surface area contributed by atoms with E-state index >= 15 is 0 Å². The van der Waals surface area contributed by atoms with Crippen molar-refractivity contribution in [3.63, 3.8) is 0 Å². The number of carbonyl (C=O) groups excluding carboxylic acids is 2. The van der Waals surface area contributed by atoms with Crippen molar-refractivity contribution in [1.82, 2.24) is 14.9 Å². The number of hydrogen-bond donors (Lipinski definition) is 1. The number of hydrogen-bond acceptors (Lipinski definition) is 5. The predicted octanol–water partition coefficient (Wildman–Crippen LogP) is 4.51. The molecule has 3 aromatic rings. The molecule has 156 valence electrons. The Kier molecular flexibility index (Phi) is 5.32. The highest BCUT2D eigenvalue weighted by Gasteiger charge is 2.29. The minimum atomic E-state index is -0.217. The summed E-state index contributed by atoms with van der Waals surface area (Å²) in [7, 11) is 1.66. The third-order valence-electron chi connectivity index (χ3n) is 5.73. The Morgan fingerprint density at radius 3 is 2.57 bits per heavy atom. The molecular formula is C23H26N4O2S. The number of amides is 2. The molecule has 1 aliphatic rings. The van der Waals surface area contributed by atoms with Gasteiger partial charge in [-0.25, -0.2) is 9.97 Å². The molecule has 2 aromatic heterocycles. The molecule has 2 amide bonds. The molecule has 0 aliphatic heterocycles. The van der Waals surface area contributed by atoms with Gasteiger partial charge in [-0.3, -0.25) is 9.59 Å². The summed E-state index contributed by atoms with van der Waals surface area (Å²) in [4.78, 5) is 37.9. The highest BCUT2D eigenvalue weighted by molar-refractivity contribution is 7.20. The second-order valence-electron chi connectivity index (χ2n) is 8.13. The normalized spacial score (nSPS) is 13.5. The van der Waals surface area contributed by atoms with Crippen molar-refractivity contribution in [2.75, 3.05) is 18.9 Å². The van der Waals surface area contributed by atoms with E-state index in [4.69, 9.17) is 4.98 Å². The van der Waals surface area contributed by atoms with E-state index < -0.39 is 0 Å². The lowest BCUT2D eigenvalue weighted by Crippen LogP contribution is -2.35. The Morgan fingerprint density at radius 2 is 1.87 bits per heavy atom. The van der Waals surface area contributed by atoms with Crippen LogP contribution in [-0.2, 0) is 4.79 Å². The van der Waals surface area contributed by atoms with Crippen LogP contribution in [0.2, 0.25) is 0 Å². The van der Waals surface area contributed by atoms with Crippen LogP contribution in [0.3, 0.4) is 0 Å². The monoisotopic (exact) mass is 422 g/mol. The van der Waals surface area contributed by atoms with E-state index in [2.05, 4.69) is 10.3 Å². The number of nitrogens with one attached hydrogen (secondary N) is 1. The van der Waals surface area contributed by atoms with E-state index in [-0.39, 0.29) is 18.4 Å². The summed E-state index contributed by atoms with van der Waals surface area (Å²) in [5.74, 6) is 0.969. The van der Waals surface area contributed by atoms with E-state index in [1.165, 1.54) is 16.2 Å². The molecule has 1 aliphatic carbocycles. The van der Waals surface area contributed by atoms with E-state index in [1.54, 1.807) is 7.05 Å². The van der Waals surface area contributed by atoms with Gasteiger partial charge in [0.15, 0.2) is 0 Å². The van der Waals surface area contributed by atoms with Crippen LogP contribution in [0.5, 0.6) is 0 Å². The first kappa shape index (κ1) is 20.5. The average Bonchev–Trinajstić information content (AvgIpc) is 3.48. The van der Waals surface area contributed by atoms with Crippen LogP contribution in [0.1, 0.15) is 56.6 Å². The van der Waals surface area contributed by atoms with Gasteiger partial charge in [-0.2, -0.15) is 0 Å². The van der Waals surface area contributed by atoms with Crippen LogP contribution in [0.15, 0.2) is 18.2 Å². The van der Waals surface area contributed by atoms with Crippen molar-refractivity contribution in [2.45, 2.75) is 46.5 Å². The molecule has 2 heterocycles. The Labute approximate surface area is 180 Å². The molecule has 6 nitrogen and oxygen atoms in total. The van der Waals surface area contributed by atoms with Gasteiger partial charge in [0, 0.05) is 24.0 Å². The van der Waals surface area contributed by atoms with Gasteiger partial charge >= 0.3 is 0 Å². The summed E-state index contributed by atoms with van der Waals surface area (Å²) in [6.45, 7) is 7.87. The summed E-state index contributed by atoms with van der Waals surface area (Å²) in [5.41, 5.74) is 4.73. The Hall–Kier alpha value is -2.80. The molecule has 30 heavy (non-hydrogen) atoms. The second kappa shape index (κ2) is 7.80. The first-order valence-corrected chi connectivity index (χ1v) is 11.0. The zero-order chi connectivity index (χ0) is 21.6. The van der Waals surface area contributed by atoms with E-state index in [9.17, 15) is 9.59 Å². The van der Waals surface area contributed by atoms with Gasteiger partial charge in [0.1, 0.15) is 10.7 Å². The quantitative estimate of drug-likeness (QED) is 0.656. The maximum absolute atomic E-state index is 13.1. The smallest absolute Gasteiger partial charge is 0.264 e. The van der Waals surface area contributed by atoms with Crippen LogP contribution in [0.25, 0.3) is 10.2 Å². The maximum Gasteiger partial charge on any atom is 0.264 e. The summed E-state index contributed by atoms with van der Waals surface area (Å²) in [6.07, 6.45) is 2.28. The average molecular weight is 423 g/mol. The zero-order valence-corrected chi connectivity index (χ0v) is 18.8. The third kappa shape index (κ3) is 3.81. The molecule has 0 atom stereocenters. The van der Waals surface area contributed by atoms with Crippen molar-refractivity contribution in [2.24, 2.45) is 0 Å². The van der Waals surface area contributed by atoms with Gasteiger partial charge in [0.25, 0.3) is 5.91 Å². The fraction of sp³-hybridized carbons (Fsp3) is 0.391. The highest BCUT2D eigenvalue weighted by Crippen LogP contribution is 2.40. The second-order valence-corrected chi connectivity index (χ2v) is 9.13. The number of nitrogens with zero attached hydrogens (tertiary/aromatic N) is 3. The number of fused-ring (bicyclic) bond motifs is 1.